The average molecular weight is 176 g/mol. The Morgan fingerprint density at radius 3 is 3.08 bits per heavy atom. The maximum atomic E-state index is 4.81. The van der Waals surface area contributed by atoms with Crippen molar-refractivity contribution in [3.05, 3.63) is 42.6 Å². The minimum absolute atomic E-state index is 0.441. The summed E-state index contributed by atoms with van der Waals surface area (Å²) in [7, 11) is 0. The number of hydrogen-bond acceptors (Lipinski definition) is 3. The van der Waals surface area contributed by atoms with Crippen LogP contribution >= 0.6 is 0 Å². The molecule has 0 aromatic heterocycles. The van der Waals surface area contributed by atoms with Crippen LogP contribution in [0.15, 0.2) is 42.2 Å². The van der Waals surface area contributed by atoms with E-state index in [-0.39, 0.29) is 0 Å². The van der Waals surface area contributed by atoms with Crippen molar-refractivity contribution < 1.29 is 4.84 Å². The van der Waals surface area contributed by atoms with Gasteiger partial charge in [-0.2, -0.15) is 0 Å². The lowest BCUT2D eigenvalue weighted by Crippen LogP contribution is -1.90. The van der Waals surface area contributed by atoms with E-state index >= 15 is 0 Å². The van der Waals surface area contributed by atoms with Crippen LogP contribution in [0.5, 0.6) is 0 Å². The topological polar surface area (TPSA) is 33.6 Å². The van der Waals surface area contributed by atoms with Gasteiger partial charge in [0.15, 0.2) is 0 Å². The lowest BCUT2D eigenvalue weighted by atomic mass is 10.2. The molecule has 3 heteroatoms. The van der Waals surface area contributed by atoms with Crippen LogP contribution in [0.3, 0.4) is 0 Å². The Balaban J connectivity index is 2.66. The molecule has 1 aromatic carbocycles. The zero-order chi connectivity index (χ0) is 9.52. The van der Waals surface area contributed by atoms with E-state index in [1.165, 1.54) is 0 Å². The summed E-state index contributed by atoms with van der Waals surface area (Å²) < 4.78 is 0. The van der Waals surface area contributed by atoms with E-state index in [9.17, 15) is 0 Å². The normalized spacial score (nSPS) is 8.92. The van der Waals surface area contributed by atoms with Crippen LogP contribution in [0.2, 0.25) is 0 Å². The minimum atomic E-state index is 0.441. The lowest BCUT2D eigenvalue weighted by molar-refractivity contribution is 0.133. The van der Waals surface area contributed by atoms with Crippen molar-refractivity contribution in [2.24, 2.45) is 5.16 Å². The van der Waals surface area contributed by atoms with Crippen molar-refractivity contribution in [2.75, 3.05) is 5.32 Å². The first kappa shape index (κ1) is 9.32. The van der Waals surface area contributed by atoms with Gasteiger partial charge in [-0.3, -0.25) is 0 Å². The van der Waals surface area contributed by atoms with Crippen LogP contribution in [0.25, 0.3) is 0 Å². The molecule has 0 atom stereocenters. The highest BCUT2D eigenvalue weighted by Gasteiger charge is 1.93. The second-order valence-electron chi connectivity index (χ2n) is 2.45. The molecule has 1 rings (SSSR count). The Hall–Kier alpha value is -1.77. The molecule has 13 heavy (non-hydrogen) atoms. The minimum Gasteiger partial charge on any atom is -0.391 e. The fraction of sp³-hybridized carbons (Fsp3) is 0.100. The first-order valence-electron chi connectivity index (χ1n) is 3.91. The predicted octanol–water partition coefficient (Wildman–Crippen LogP) is 2.37. The summed E-state index contributed by atoms with van der Waals surface area (Å²) in [6.45, 7) is 7.25. The Bertz CT molecular complexity index is 297. The molecule has 1 N–H and O–H groups in total. The fourth-order valence-electron chi connectivity index (χ4n) is 0.989. The third-order valence-electron chi connectivity index (χ3n) is 1.52. The van der Waals surface area contributed by atoms with E-state index in [1.807, 2.05) is 24.3 Å². The Morgan fingerprint density at radius 1 is 1.54 bits per heavy atom. The third kappa shape index (κ3) is 2.99. The Labute approximate surface area is 77.7 Å². The summed E-state index contributed by atoms with van der Waals surface area (Å²) in [5.74, 6) is 0. The van der Waals surface area contributed by atoms with E-state index in [4.69, 9.17) is 4.84 Å². The van der Waals surface area contributed by atoms with Gasteiger partial charge in [0.05, 0.1) is 0 Å². The van der Waals surface area contributed by atoms with Crippen molar-refractivity contribution in [2.45, 2.75) is 6.61 Å². The van der Waals surface area contributed by atoms with Gasteiger partial charge in [-0.15, -0.1) is 5.16 Å². The van der Waals surface area contributed by atoms with Gasteiger partial charge < -0.3 is 10.2 Å². The van der Waals surface area contributed by atoms with Crippen LogP contribution < -0.4 is 5.32 Å². The summed E-state index contributed by atoms with van der Waals surface area (Å²) in [6.07, 6.45) is 1.63. The summed E-state index contributed by atoms with van der Waals surface area (Å²) in [6, 6.07) is 7.81. The molecule has 0 amide bonds. The zero-order valence-corrected chi connectivity index (χ0v) is 7.36. The standard InChI is InChI=1S/C10H12N2O/c1-3-12-10-6-4-5-9(7-10)8-13-11-2/h3-7,12H,1-2,8H2. The number of benzene rings is 1. The first-order valence-corrected chi connectivity index (χ1v) is 3.91. The second-order valence-corrected chi connectivity index (χ2v) is 2.45. The summed E-state index contributed by atoms with van der Waals surface area (Å²) in [4.78, 5) is 4.81. The molecular weight excluding hydrogens is 164 g/mol. The molecule has 0 heterocycles. The lowest BCUT2D eigenvalue weighted by Gasteiger charge is -2.03. The van der Waals surface area contributed by atoms with Crippen molar-refractivity contribution in [3.63, 3.8) is 0 Å². The van der Waals surface area contributed by atoms with Gasteiger partial charge in [0.25, 0.3) is 0 Å². The van der Waals surface area contributed by atoms with E-state index in [1.54, 1.807) is 6.20 Å². The van der Waals surface area contributed by atoms with E-state index < -0.39 is 0 Å². The van der Waals surface area contributed by atoms with Crippen LogP contribution in [-0.4, -0.2) is 6.72 Å². The predicted molar refractivity (Wildman–Crippen MR) is 54.6 cm³/mol. The van der Waals surface area contributed by atoms with Gasteiger partial charge in [0.1, 0.15) is 6.61 Å². The van der Waals surface area contributed by atoms with E-state index in [0.717, 1.165) is 11.3 Å². The molecule has 0 bridgehead atoms. The largest absolute Gasteiger partial charge is 0.391 e. The quantitative estimate of drug-likeness (QED) is 0.552. The molecule has 68 valence electrons. The molecule has 0 unspecified atom stereocenters. The molecule has 0 radical (unpaired) electrons. The fourth-order valence-corrected chi connectivity index (χ4v) is 0.989. The monoisotopic (exact) mass is 176 g/mol. The molecular formula is C10H12N2O. The highest BCUT2D eigenvalue weighted by molar-refractivity contribution is 5.47. The SMILES string of the molecule is C=CNc1cccc(CON=C)c1. The van der Waals surface area contributed by atoms with Gasteiger partial charge in [-0.25, -0.2) is 0 Å². The van der Waals surface area contributed by atoms with Gasteiger partial charge in [0, 0.05) is 12.4 Å². The van der Waals surface area contributed by atoms with Gasteiger partial charge in [0.2, 0.25) is 0 Å². The van der Waals surface area contributed by atoms with Gasteiger partial charge >= 0.3 is 0 Å². The molecule has 0 saturated carbocycles. The van der Waals surface area contributed by atoms with Crippen LogP contribution in [0.4, 0.5) is 5.69 Å². The molecule has 0 aliphatic heterocycles. The molecule has 0 aliphatic rings. The van der Waals surface area contributed by atoms with Crippen LogP contribution in [-0.2, 0) is 11.4 Å². The molecule has 0 spiro atoms. The number of rotatable bonds is 5. The highest BCUT2D eigenvalue weighted by atomic mass is 16.6. The summed E-state index contributed by atoms with van der Waals surface area (Å²) >= 11 is 0. The van der Waals surface area contributed by atoms with Crippen LogP contribution in [0.1, 0.15) is 5.56 Å². The highest BCUT2D eigenvalue weighted by Crippen LogP contribution is 2.11. The Morgan fingerprint density at radius 2 is 2.38 bits per heavy atom. The molecule has 0 fully saturated rings. The Kier molecular flexibility index (Phi) is 3.57. The number of hydrogen-bond donors (Lipinski definition) is 1. The molecule has 1 aromatic rings. The number of oxime groups is 1. The van der Waals surface area contributed by atoms with Crippen molar-refractivity contribution in [1.82, 2.24) is 0 Å². The third-order valence-corrected chi connectivity index (χ3v) is 1.52. The van der Waals surface area contributed by atoms with Gasteiger partial charge in [-0.1, -0.05) is 18.7 Å². The first-order chi connectivity index (χ1) is 6.36. The number of nitrogens with zero attached hydrogens (tertiary/aromatic N) is 1. The molecule has 0 saturated heterocycles. The van der Waals surface area contributed by atoms with Crippen LogP contribution in [0, 0.1) is 0 Å². The van der Waals surface area contributed by atoms with Gasteiger partial charge in [-0.05, 0) is 23.9 Å². The average Bonchev–Trinajstić information content (AvgIpc) is 2.16. The maximum absolute atomic E-state index is 4.81. The molecule has 3 nitrogen and oxygen atoms in total. The summed E-state index contributed by atoms with van der Waals surface area (Å²) in [5, 5.41) is 6.30. The number of nitrogens with one attached hydrogen (secondary N) is 1. The van der Waals surface area contributed by atoms with Crippen molar-refractivity contribution in [1.29, 1.82) is 0 Å². The summed E-state index contributed by atoms with van der Waals surface area (Å²) in [5.41, 5.74) is 2.03. The second kappa shape index (κ2) is 4.98. The maximum Gasteiger partial charge on any atom is 0.142 e. The molecule has 0 aliphatic carbocycles. The zero-order valence-electron chi connectivity index (χ0n) is 7.36. The van der Waals surface area contributed by atoms with Crippen molar-refractivity contribution >= 4 is 12.4 Å². The van der Waals surface area contributed by atoms with E-state index in [2.05, 4.69) is 23.8 Å². The van der Waals surface area contributed by atoms with Crippen molar-refractivity contribution in [3.8, 4) is 0 Å². The van der Waals surface area contributed by atoms with E-state index in [0.29, 0.717) is 6.61 Å². The smallest absolute Gasteiger partial charge is 0.142 e. The number of anilines is 1.